The van der Waals surface area contributed by atoms with E-state index in [-0.39, 0.29) is 0 Å². The second-order valence-electron chi connectivity index (χ2n) is 3.94. The average molecular weight is 185 g/mol. The normalized spacial score (nSPS) is 19.4. The largest absolute Gasteiger partial charge is 0.329 e. The zero-order valence-corrected chi connectivity index (χ0v) is 8.97. The van der Waals surface area contributed by atoms with Gasteiger partial charge in [0.05, 0.1) is 0 Å². The van der Waals surface area contributed by atoms with Crippen LogP contribution in [0.25, 0.3) is 0 Å². The lowest BCUT2D eigenvalue weighted by molar-refractivity contribution is 0.294. The Morgan fingerprint density at radius 3 is 2.31 bits per heavy atom. The molecule has 0 unspecified atom stereocenters. The minimum atomic E-state index is 0.327. The van der Waals surface area contributed by atoms with E-state index >= 15 is 0 Å². The van der Waals surface area contributed by atoms with Gasteiger partial charge in [-0.3, -0.25) is 0 Å². The second-order valence-corrected chi connectivity index (χ2v) is 3.94. The fraction of sp³-hybridized carbons (Fsp3) is 1.00. The molecule has 0 amide bonds. The van der Waals surface area contributed by atoms with Gasteiger partial charge in [0.2, 0.25) is 0 Å². The first-order chi connectivity index (χ1) is 6.26. The Morgan fingerprint density at radius 2 is 1.92 bits per heavy atom. The topological polar surface area (TPSA) is 41.3 Å². The summed E-state index contributed by atoms with van der Waals surface area (Å²) in [6, 6.07) is 0. The van der Waals surface area contributed by atoms with Crippen molar-refractivity contribution in [1.82, 2.24) is 10.2 Å². The number of nitrogens with one attached hydrogen (secondary N) is 1. The highest BCUT2D eigenvalue weighted by atomic mass is 15.1. The molecule has 78 valence electrons. The van der Waals surface area contributed by atoms with Crippen LogP contribution in [0.5, 0.6) is 0 Å². The quantitative estimate of drug-likeness (QED) is 0.603. The van der Waals surface area contributed by atoms with Gasteiger partial charge in [-0.15, -0.1) is 0 Å². The fourth-order valence-electron chi connectivity index (χ4n) is 1.62. The molecule has 3 N–H and O–H groups in total. The summed E-state index contributed by atoms with van der Waals surface area (Å²) in [4.78, 5) is 2.43. The van der Waals surface area contributed by atoms with Gasteiger partial charge < -0.3 is 16.0 Å². The molecule has 0 heterocycles. The van der Waals surface area contributed by atoms with E-state index in [1.165, 1.54) is 12.8 Å². The highest BCUT2D eigenvalue weighted by Gasteiger charge is 2.40. The van der Waals surface area contributed by atoms with Gasteiger partial charge in [0.1, 0.15) is 0 Å². The molecule has 0 aromatic rings. The van der Waals surface area contributed by atoms with Crippen molar-refractivity contribution in [3.8, 4) is 0 Å². The van der Waals surface area contributed by atoms with Gasteiger partial charge in [-0.05, 0) is 25.9 Å². The maximum Gasteiger partial charge on any atom is 0.0305 e. The van der Waals surface area contributed by atoms with Crippen molar-refractivity contribution in [3.63, 3.8) is 0 Å². The highest BCUT2D eigenvalue weighted by molar-refractivity contribution is 5.02. The molecule has 3 heteroatoms. The summed E-state index contributed by atoms with van der Waals surface area (Å²) < 4.78 is 0. The fourth-order valence-corrected chi connectivity index (χ4v) is 1.62. The van der Waals surface area contributed by atoms with E-state index in [4.69, 9.17) is 5.73 Å². The Bertz CT molecular complexity index is 139. The number of hydrogen-bond acceptors (Lipinski definition) is 3. The molecule has 13 heavy (non-hydrogen) atoms. The molecule has 1 fully saturated rings. The van der Waals surface area contributed by atoms with Crippen LogP contribution in [0.1, 0.15) is 26.7 Å². The molecule has 0 aromatic heterocycles. The summed E-state index contributed by atoms with van der Waals surface area (Å²) in [6.07, 6.45) is 2.53. The first-order valence-electron chi connectivity index (χ1n) is 5.44. The van der Waals surface area contributed by atoms with Crippen LogP contribution in [-0.2, 0) is 0 Å². The molecule has 1 aliphatic carbocycles. The van der Waals surface area contributed by atoms with E-state index < -0.39 is 0 Å². The molecule has 1 saturated carbocycles. The van der Waals surface area contributed by atoms with Gasteiger partial charge in [-0.1, -0.05) is 13.8 Å². The highest BCUT2D eigenvalue weighted by Crippen LogP contribution is 2.33. The number of likely N-dealkylation sites (N-methyl/N-ethyl adjacent to an activating group) is 1. The van der Waals surface area contributed by atoms with E-state index in [1.54, 1.807) is 0 Å². The van der Waals surface area contributed by atoms with E-state index in [0.717, 1.165) is 32.7 Å². The Morgan fingerprint density at radius 1 is 1.31 bits per heavy atom. The summed E-state index contributed by atoms with van der Waals surface area (Å²) in [6.45, 7) is 9.74. The van der Waals surface area contributed by atoms with Crippen molar-refractivity contribution in [2.75, 3.05) is 32.7 Å². The Hall–Kier alpha value is -0.120. The van der Waals surface area contributed by atoms with Crippen LogP contribution in [0, 0.1) is 0 Å². The van der Waals surface area contributed by atoms with E-state index in [1.807, 2.05) is 0 Å². The van der Waals surface area contributed by atoms with Crippen LogP contribution in [0.4, 0.5) is 0 Å². The average Bonchev–Trinajstić information content (AvgIpc) is 2.93. The van der Waals surface area contributed by atoms with Gasteiger partial charge in [-0.2, -0.15) is 0 Å². The van der Waals surface area contributed by atoms with Gasteiger partial charge in [0.25, 0.3) is 0 Å². The Labute approximate surface area is 81.7 Å². The van der Waals surface area contributed by atoms with E-state index in [0.29, 0.717) is 5.54 Å². The molecule has 3 nitrogen and oxygen atoms in total. The van der Waals surface area contributed by atoms with Crippen LogP contribution in [-0.4, -0.2) is 43.2 Å². The molecule has 1 rings (SSSR count). The maximum atomic E-state index is 5.67. The Balaban J connectivity index is 2.06. The summed E-state index contributed by atoms with van der Waals surface area (Å²) in [5, 5.41) is 3.55. The monoisotopic (exact) mass is 185 g/mol. The first-order valence-corrected chi connectivity index (χ1v) is 5.44. The predicted molar refractivity (Wildman–Crippen MR) is 56.8 cm³/mol. The third-order valence-corrected chi connectivity index (χ3v) is 3.07. The van der Waals surface area contributed by atoms with Crippen molar-refractivity contribution in [3.05, 3.63) is 0 Å². The molecule has 0 bridgehead atoms. The number of nitrogens with two attached hydrogens (primary N) is 1. The lowest BCUT2D eigenvalue weighted by Gasteiger charge is -2.21. The van der Waals surface area contributed by atoms with E-state index in [9.17, 15) is 0 Å². The maximum absolute atomic E-state index is 5.67. The molecule has 1 aliphatic rings. The molecule has 0 saturated heterocycles. The van der Waals surface area contributed by atoms with Crippen LogP contribution < -0.4 is 11.1 Å². The van der Waals surface area contributed by atoms with Gasteiger partial charge >= 0.3 is 0 Å². The zero-order chi connectivity index (χ0) is 9.73. The van der Waals surface area contributed by atoms with Crippen LogP contribution >= 0.6 is 0 Å². The first kappa shape index (κ1) is 11.0. The third kappa shape index (κ3) is 3.25. The van der Waals surface area contributed by atoms with Crippen LogP contribution in [0.2, 0.25) is 0 Å². The second kappa shape index (κ2) is 4.94. The van der Waals surface area contributed by atoms with E-state index in [2.05, 4.69) is 24.1 Å². The SMILES string of the molecule is CCN(CC)CCNC1(CN)CC1. The molecule has 0 atom stereocenters. The molecule has 0 aromatic carbocycles. The smallest absolute Gasteiger partial charge is 0.0305 e. The molecular formula is C10H23N3. The van der Waals surface area contributed by atoms with Gasteiger partial charge in [0.15, 0.2) is 0 Å². The van der Waals surface area contributed by atoms with Crippen LogP contribution in [0.15, 0.2) is 0 Å². The Kier molecular flexibility index (Phi) is 4.16. The molecule has 0 aliphatic heterocycles. The summed E-state index contributed by atoms with van der Waals surface area (Å²) >= 11 is 0. The lowest BCUT2D eigenvalue weighted by atomic mass is 10.3. The molecule has 0 spiro atoms. The summed E-state index contributed by atoms with van der Waals surface area (Å²) in [5.74, 6) is 0. The number of rotatable bonds is 7. The molecular weight excluding hydrogens is 162 g/mol. The van der Waals surface area contributed by atoms with Gasteiger partial charge in [-0.25, -0.2) is 0 Å². The minimum absolute atomic E-state index is 0.327. The predicted octanol–water partition coefficient (Wildman–Crippen LogP) is 0.409. The van der Waals surface area contributed by atoms with Crippen LogP contribution in [0.3, 0.4) is 0 Å². The lowest BCUT2D eigenvalue weighted by Crippen LogP contribution is -2.42. The number of nitrogens with zero attached hydrogens (tertiary/aromatic N) is 1. The van der Waals surface area contributed by atoms with Crippen molar-refractivity contribution in [1.29, 1.82) is 0 Å². The van der Waals surface area contributed by atoms with Gasteiger partial charge in [0, 0.05) is 25.2 Å². The van der Waals surface area contributed by atoms with Crippen molar-refractivity contribution in [2.24, 2.45) is 5.73 Å². The van der Waals surface area contributed by atoms with Crippen molar-refractivity contribution in [2.45, 2.75) is 32.2 Å². The number of hydrogen-bond donors (Lipinski definition) is 2. The van der Waals surface area contributed by atoms with Crippen molar-refractivity contribution < 1.29 is 0 Å². The molecule has 0 radical (unpaired) electrons. The summed E-state index contributed by atoms with van der Waals surface area (Å²) in [5.41, 5.74) is 6.00. The third-order valence-electron chi connectivity index (χ3n) is 3.07. The standard InChI is InChI=1S/C10H23N3/c1-3-13(4-2)8-7-12-10(9-11)5-6-10/h12H,3-9,11H2,1-2H3. The minimum Gasteiger partial charge on any atom is -0.329 e. The van der Waals surface area contributed by atoms with Crippen molar-refractivity contribution >= 4 is 0 Å². The zero-order valence-electron chi connectivity index (χ0n) is 8.97. The summed E-state index contributed by atoms with van der Waals surface area (Å²) in [7, 11) is 0.